The number of para-hydroxylation sites is 1. The summed E-state index contributed by atoms with van der Waals surface area (Å²) < 4.78 is 0. The molecule has 3 rings (SSSR count). The van der Waals surface area contributed by atoms with Crippen molar-refractivity contribution in [3.05, 3.63) is 42.0 Å². The highest BCUT2D eigenvalue weighted by Gasteiger charge is 2.08. The molecule has 0 atom stereocenters. The van der Waals surface area contributed by atoms with Crippen LogP contribution in [0.15, 0.2) is 36.4 Å². The van der Waals surface area contributed by atoms with E-state index in [-0.39, 0.29) is 5.91 Å². The third kappa shape index (κ3) is 2.51. The number of fused-ring (bicyclic) bond motifs is 3. The largest absolute Gasteiger partial charge is 0.354 e. The second-order valence-electron chi connectivity index (χ2n) is 5.38. The second kappa shape index (κ2) is 5.60. The zero-order chi connectivity index (χ0) is 14.8. The van der Waals surface area contributed by atoms with Crippen LogP contribution < -0.4 is 5.32 Å². The number of carbonyl (C=O) groups excluding carboxylic acids is 1. The molecule has 0 bridgehead atoms. The molecule has 3 heteroatoms. The molecule has 0 aliphatic heterocycles. The molecule has 2 N–H and O–H groups in total. The van der Waals surface area contributed by atoms with Crippen molar-refractivity contribution in [2.24, 2.45) is 0 Å². The molecular weight excluding hydrogens is 260 g/mol. The molecule has 1 heterocycles. The summed E-state index contributed by atoms with van der Waals surface area (Å²) in [7, 11) is 0. The molecule has 3 aromatic rings. The van der Waals surface area contributed by atoms with E-state index >= 15 is 0 Å². The number of benzene rings is 2. The van der Waals surface area contributed by atoms with Gasteiger partial charge in [0.15, 0.2) is 0 Å². The van der Waals surface area contributed by atoms with Gasteiger partial charge >= 0.3 is 0 Å². The van der Waals surface area contributed by atoms with Crippen LogP contribution in [0.2, 0.25) is 0 Å². The highest BCUT2D eigenvalue weighted by Crippen LogP contribution is 2.29. The lowest BCUT2D eigenvalue weighted by molar-refractivity contribution is -0.116. The van der Waals surface area contributed by atoms with Gasteiger partial charge in [-0.25, -0.2) is 0 Å². The van der Waals surface area contributed by atoms with Crippen LogP contribution in [0.4, 0.5) is 5.69 Å². The van der Waals surface area contributed by atoms with Crippen LogP contribution in [-0.4, -0.2) is 10.9 Å². The maximum absolute atomic E-state index is 11.7. The first-order valence-electron chi connectivity index (χ1n) is 7.56. The average Bonchev–Trinajstić information content (AvgIpc) is 2.85. The molecule has 0 saturated heterocycles. The van der Waals surface area contributed by atoms with E-state index in [4.69, 9.17) is 0 Å². The number of amides is 1. The minimum Gasteiger partial charge on any atom is -0.354 e. The minimum atomic E-state index is 0.0715. The lowest BCUT2D eigenvalue weighted by Crippen LogP contribution is -2.10. The number of carbonyl (C=O) groups is 1. The number of aromatic amines is 1. The van der Waals surface area contributed by atoms with Gasteiger partial charge in [0.05, 0.1) is 0 Å². The van der Waals surface area contributed by atoms with E-state index < -0.39 is 0 Å². The topological polar surface area (TPSA) is 44.9 Å². The molecule has 108 valence electrons. The SMILES string of the molecule is CCCC(=O)Nc1ccc2c(c1)[nH]c1c(CC)cccc12. The molecule has 0 unspecified atom stereocenters. The van der Waals surface area contributed by atoms with Gasteiger partial charge in [-0.15, -0.1) is 0 Å². The van der Waals surface area contributed by atoms with Crippen LogP contribution in [0.25, 0.3) is 21.8 Å². The molecule has 2 aromatic carbocycles. The second-order valence-corrected chi connectivity index (χ2v) is 5.38. The molecule has 21 heavy (non-hydrogen) atoms. The standard InChI is InChI=1S/C18H20N2O/c1-3-6-17(21)19-13-9-10-14-15-8-5-7-12(4-2)18(15)20-16(14)11-13/h5,7-11,20H,3-4,6H2,1-2H3,(H,19,21). The maximum atomic E-state index is 11.7. The first-order chi connectivity index (χ1) is 10.2. The van der Waals surface area contributed by atoms with Gasteiger partial charge in [-0.05, 0) is 30.5 Å². The number of nitrogens with one attached hydrogen (secondary N) is 2. The zero-order valence-electron chi connectivity index (χ0n) is 12.5. The Morgan fingerprint density at radius 1 is 1.14 bits per heavy atom. The Morgan fingerprint density at radius 3 is 2.76 bits per heavy atom. The third-order valence-corrected chi connectivity index (χ3v) is 3.86. The van der Waals surface area contributed by atoms with Crippen molar-refractivity contribution in [1.29, 1.82) is 0 Å². The zero-order valence-corrected chi connectivity index (χ0v) is 12.5. The van der Waals surface area contributed by atoms with E-state index in [9.17, 15) is 4.79 Å². The maximum Gasteiger partial charge on any atom is 0.224 e. The summed E-state index contributed by atoms with van der Waals surface area (Å²) in [6.07, 6.45) is 2.43. The van der Waals surface area contributed by atoms with Gasteiger partial charge in [-0.2, -0.15) is 0 Å². The van der Waals surface area contributed by atoms with Gasteiger partial charge in [-0.3, -0.25) is 4.79 Å². The summed E-state index contributed by atoms with van der Waals surface area (Å²) >= 11 is 0. The minimum absolute atomic E-state index is 0.0715. The number of anilines is 1. The van der Waals surface area contributed by atoms with Crippen molar-refractivity contribution in [3.63, 3.8) is 0 Å². The van der Waals surface area contributed by atoms with E-state index in [0.717, 1.165) is 24.0 Å². The third-order valence-electron chi connectivity index (χ3n) is 3.86. The van der Waals surface area contributed by atoms with Crippen LogP contribution in [0.1, 0.15) is 32.3 Å². The summed E-state index contributed by atoms with van der Waals surface area (Å²) in [5, 5.41) is 5.40. The van der Waals surface area contributed by atoms with E-state index in [1.165, 1.54) is 21.9 Å². The van der Waals surface area contributed by atoms with Gasteiger partial charge in [0.1, 0.15) is 0 Å². The van der Waals surface area contributed by atoms with Gasteiger partial charge in [0.2, 0.25) is 5.91 Å². The molecule has 0 aliphatic rings. The molecule has 1 amide bonds. The predicted molar refractivity (Wildman–Crippen MR) is 88.7 cm³/mol. The number of aryl methyl sites for hydroxylation is 1. The number of H-pyrrole nitrogens is 1. The molecule has 0 aliphatic carbocycles. The number of hydrogen-bond donors (Lipinski definition) is 2. The van der Waals surface area contributed by atoms with E-state index in [0.29, 0.717) is 6.42 Å². The molecule has 0 spiro atoms. The molecular formula is C18H20N2O. The van der Waals surface area contributed by atoms with Gasteiger partial charge in [0.25, 0.3) is 0 Å². The van der Waals surface area contributed by atoms with Gasteiger partial charge < -0.3 is 10.3 Å². The number of rotatable bonds is 4. The lowest BCUT2D eigenvalue weighted by Gasteiger charge is -2.04. The lowest BCUT2D eigenvalue weighted by atomic mass is 10.1. The van der Waals surface area contributed by atoms with E-state index in [1.807, 2.05) is 19.1 Å². The normalized spacial score (nSPS) is 11.1. The molecule has 1 aromatic heterocycles. The molecule has 0 radical (unpaired) electrons. The van der Waals surface area contributed by atoms with Crippen LogP contribution in [-0.2, 0) is 11.2 Å². The summed E-state index contributed by atoms with van der Waals surface area (Å²) in [6.45, 7) is 4.17. The Kier molecular flexibility index (Phi) is 3.65. The Hall–Kier alpha value is -2.29. The Labute approximate surface area is 124 Å². The Morgan fingerprint density at radius 2 is 2.00 bits per heavy atom. The van der Waals surface area contributed by atoms with E-state index in [1.54, 1.807) is 0 Å². The Bertz CT molecular complexity index is 801. The summed E-state index contributed by atoms with van der Waals surface area (Å²) in [4.78, 5) is 15.2. The number of hydrogen-bond acceptors (Lipinski definition) is 1. The summed E-state index contributed by atoms with van der Waals surface area (Å²) in [5.74, 6) is 0.0715. The smallest absolute Gasteiger partial charge is 0.224 e. The molecule has 0 saturated carbocycles. The molecule has 3 nitrogen and oxygen atoms in total. The van der Waals surface area contributed by atoms with Crippen LogP contribution in [0, 0.1) is 0 Å². The summed E-state index contributed by atoms with van der Waals surface area (Å²) in [5.41, 5.74) is 4.44. The van der Waals surface area contributed by atoms with Gasteiger partial charge in [-0.1, -0.05) is 38.1 Å². The van der Waals surface area contributed by atoms with Crippen molar-refractivity contribution in [1.82, 2.24) is 4.98 Å². The van der Waals surface area contributed by atoms with E-state index in [2.05, 4.69) is 41.5 Å². The quantitative estimate of drug-likeness (QED) is 0.719. The monoisotopic (exact) mass is 280 g/mol. The van der Waals surface area contributed by atoms with Crippen molar-refractivity contribution in [2.75, 3.05) is 5.32 Å². The fourth-order valence-electron chi connectivity index (χ4n) is 2.81. The highest BCUT2D eigenvalue weighted by molar-refractivity contribution is 6.09. The predicted octanol–water partition coefficient (Wildman–Crippen LogP) is 4.62. The van der Waals surface area contributed by atoms with Gasteiger partial charge in [0, 0.05) is 33.9 Å². The van der Waals surface area contributed by atoms with Crippen molar-refractivity contribution >= 4 is 33.4 Å². The first-order valence-corrected chi connectivity index (χ1v) is 7.56. The highest BCUT2D eigenvalue weighted by atomic mass is 16.1. The average molecular weight is 280 g/mol. The van der Waals surface area contributed by atoms with Crippen molar-refractivity contribution in [2.45, 2.75) is 33.1 Å². The van der Waals surface area contributed by atoms with Crippen molar-refractivity contribution < 1.29 is 4.79 Å². The molecule has 0 fully saturated rings. The van der Waals surface area contributed by atoms with Crippen LogP contribution in [0.3, 0.4) is 0 Å². The van der Waals surface area contributed by atoms with Crippen LogP contribution >= 0.6 is 0 Å². The van der Waals surface area contributed by atoms with Crippen molar-refractivity contribution in [3.8, 4) is 0 Å². The van der Waals surface area contributed by atoms with Crippen LogP contribution in [0.5, 0.6) is 0 Å². The Balaban J connectivity index is 2.06. The summed E-state index contributed by atoms with van der Waals surface area (Å²) in [6, 6.07) is 12.5. The number of aromatic nitrogens is 1. The fourth-order valence-corrected chi connectivity index (χ4v) is 2.81. The first kappa shape index (κ1) is 13.7. The fraction of sp³-hybridized carbons (Fsp3) is 0.278.